The highest BCUT2D eigenvalue weighted by molar-refractivity contribution is 9.10. The predicted octanol–water partition coefficient (Wildman–Crippen LogP) is 3.42. The zero-order valence-corrected chi connectivity index (χ0v) is 15.9. The van der Waals surface area contributed by atoms with E-state index >= 15 is 0 Å². The number of aryl methyl sites for hydroxylation is 1. The standard InChI is InChI=1S/C17H19BrN2O3S/c1-3-13-4-8-15(9-5-13)19-17(21)12-20(24(2,22)23)16-10-6-14(18)7-11-16/h4-11H,3,12H2,1-2H3,(H,19,21). The van der Waals surface area contributed by atoms with Crippen molar-refractivity contribution < 1.29 is 13.2 Å². The van der Waals surface area contributed by atoms with Crippen molar-refractivity contribution in [2.45, 2.75) is 13.3 Å². The maximum atomic E-state index is 12.2. The van der Waals surface area contributed by atoms with Crippen molar-refractivity contribution in [1.29, 1.82) is 0 Å². The zero-order chi connectivity index (χ0) is 17.7. The molecule has 0 saturated carbocycles. The minimum atomic E-state index is -3.57. The summed E-state index contributed by atoms with van der Waals surface area (Å²) >= 11 is 3.30. The van der Waals surface area contributed by atoms with E-state index in [1.807, 2.05) is 12.1 Å². The summed E-state index contributed by atoms with van der Waals surface area (Å²) in [6.07, 6.45) is 2.00. The van der Waals surface area contributed by atoms with Gasteiger partial charge < -0.3 is 5.32 Å². The lowest BCUT2D eigenvalue weighted by atomic mass is 10.1. The molecule has 1 amide bonds. The molecule has 0 saturated heterocycles. The third-order valence-electron chi connectivity index (χ3n) is 3.45. The summed E-state index contributed by atoms with van der Waals surface area (Å²) in [6.45, 7) is 1.77. The van der Waals surface area contributed by atoms with Crippen LogP contribution in [0.3, 0.4) is 0 Å². The lowest BCUT2D eigenvalue weighted by Crippen LogP contribution is -2.37. The summed E-state index contributed by atoms with van der Waals surface area (Å²) in [5, 5.41) is 2.72. The first-order valence-corrected chi connectivity index (χ1v) is 10.1. The van der Waals surface area contributed by atoms with Crippen LogP contribution in [0.2, 0.25) is 0 Å². The highest BCUT2D eigenvalue weighted by Crippen LogP contribution is 2.21. The molecule has 0 aliphatic rings. The van der Waals surface area contributed by atoms with E-state index < -0.39 is 15.9 Å². The molecule has 2 aromatic rings. The van der Waals surface area contributed by atoms with Crippen LogP contribution in [0, 0.1) is 0 Å². The van der Waals surface area contributed by atoms with E-state index in [0.29, 0.717) is 11.4 Å². The van der Waals surface area contributed by atoms with Gasteiger partial charge in [-0.1, -0.05) is 35.0 Å². The van der Waals surface area contributed by atoms with Gasteiger partial charge in [0.25, 0.3) is 0 Å². The van der Waals surface area contributed by atoms with Gasteiger partial charge in [0.05, 0.1) is 11.9 Å². The average Bonchev–Trinajstić information content (AvgIpc) is 2.53. The van der Waals surface area contributed by atoms with Crippen molar-refractivity contribution in [2.24, 2.45) is 0 Å². The van der Waals surface area contributed by atoms with Gasteiger partial charge in [0, 0.05) is 10.2 Å². The van der Waals surface area contributed by atoms with Gasteiger partial charge in [-0.3, -0.25) is 9.10 Å². The van der Waals surface area contributed by atoms with Gasteiger partial charge in [-0.2, -0.15) is 0 Å². The largest absolute Gasteiger partial charge is 0.325 e. The number of sulfonamides is 1. The second-order valence-corrected chi connectivity index (χ2v) is 8.17. The number of rotatable bonds is 6. The number of carbonyl (C=O) groups is 1. The molecular weight excluding hydrogens is 392 g/mol. The van der Waals surface area contributed by atoms with Crippen LogP contribution in [0.15, 0.2) is 53.0 Å². The van der Waals surface area contributed by atoms with Crippen molar-refractivity contribution in [1.82, 2.24) is 0 Å². The average molecular weight is 411 g/mol. The van der Waals surface area contributed by atoms with Crippen molar-refractivity contribution in [3.8, 4) is 0 Å². The smallest absolute Gasteiger partial charge is 0.245 e. The first-order valence-electron chi connectivity index (χ1n) is 7.41. The summed E-state index contributed by atoms with van der Waals surface area (Å²) in [6, 6.07) is 14.2. The molecule has 0 aromatic heterocycles. The summed E-state index contributed by atoms with van der Waals surface area (Å²) in [7, 11) is -3.57. The first-order chi connectivity index (χ1) is 11.3. The number of carbonyl (C=O) groups excluding carboxylic acids is 1. The molecular formula is C17H19BrN2O3S. The van der Waals surface area contributed by atoms with Gasteiger partial charge >= 0.3 is 0 Å². The molecule has 1 N–H and O–H groups in total. The highest BCUT2D eigenvalue weighted by Gasteiger charge is 2.20. The quantitative estimate of drug-likeness (QED) is 0.792. The minimum absolute atomic E-state index is 0.282. The van der Waals surface area contributed by atoms with Gasteiger partial charge in [-0.25, -0.2) is 8.42 Å². The fraction of sp³-hybridized carbons (Fsp3) is 0.235. The van der Waals surface area contributed by atoms with Gasteiger partial charge in [-0.15, -0.1) is 0 Å². The van der Waals surface area contributed by atoms with E-state index in [2.05, 4.69) is 28.2 Å². The Bertz CT molecular complexity index is 803. The number of hydrogen-bond acceptors (Lipinski definition) is 3. The second kappa shape index (κ2) is 7.81. The van der Waals surface area contributed by atoms with E-state index in [-0.39, 0.29) is 6.54 Å². The molecule has 0 aliphatic heterocycles. The van der Waals surface area contributed by atoms with Crippen LogP contribution in [0.5, 0.6) is 0 Å². The molecule has 0 heterocycles. The fourth-order valence-corrected chi connectivity index (χ4v) is 3.28. The van der Waals surface area contributed by atoms with Crippen molar-refractivity contribution in [3.05, 3.63) is 58.6 Å². The normalized spacial score (nSPS) is 11.1. The second-order valence-electron chi connectivity index (χ2n) is 5.34. The molecule has 2 aromatic carbocycles. The number of amides is 1. The van der Waals surface area contributed by atoms with Gasteiger partial charge in [0.2, 0.25) is 15.9 Å². The molecule has 5 nitrogen and oxygen atoms in total. The maximum Gasteiger partial charge on any atom is 0.245 e. The predicted molar refractivity (Wildman–Crippen MR) is 101 cm³/mol. The summed E-state index contributed by atoms with van der Waals surface area (Å²) in [5.41, 5.74) is 2.25. The Kier molecular flexibility index (Phi) is 6.01. The third-order valence-corrected chi connectivity index (χ3v) is 5.12. The van der Waals surface area contributed by atoms with Gasteiger partial charge in [0.1, 0.15) is 6.54 Å². The van der Waals surface area contributed by atoms with Crippen molar-refractivity contribution in [2.75, 3.05) is 22.4 Å². The Balaban J connectivity index is 2.14. The van der Waals surface area contributed by atoms with Crippen LogP contribution in [0.4, 0.5) is 11.4 Å². The zero-order valence-electron chi connectivity index (χ0n) is 13.5. The van der Waals surface area contributed by atoms with Crippen LogP contribution in [-0.4, -0.2) is 27.1 Å². The Morgan fingerprint density at radius 1 is 1.08 bits per heavy atom. The van der Waals surface area contributed by atoms with Crippen LogP contribution in [0.1, 0.15) is 12.5 Å². The molecule has 0 radical (unpaired) electrons. The van der Waals surface area contributed by atoms with E-state index in [1.54, 1.807) is 36.4 Å². The molecule has 0 spiro atoms. The van der Waals surface area contributed by atoms with Crippen molar-refractivity contribution in [3.63, 3.8) is 0 Å². The lowest BCUT2D eigenvalue weighted by molar-refractivity contribution is -0.114. The van der Waals surface area contributed by atoms with Gasteiger partial charge in [-0.05, 0) is 48.4 Å². The van der Waals surface area contributed by atoms with Gasteiger partial charge in [0.15, 0.2) is 0 Å². The molecule has 0 unspecified atom stereocenters. The van der Waals surface area contributed by atoms with E-state index in [4.69, 9.17) is 0 Å². The molecule has 0 fully saturated rings. The molecule has 24 heavy (non-hydrogen) atoms. The van der Waals surface area contributed by atoms with Crippen LogP contribution >= 0.6 is 15.9 Å². The molecule has 7 heteroatoms. The number of nitrogens with one attached hydrogen (secondary N) is 1. The Morgan fingerprint density at radius 2 is 1.67 bits per heavy atom. The number of anilines is 2. The summed E-state index contributed by atoms with van der Waals surface area (Å²) < 4.78 is 26.0. The Hall–Kier alpha value is -1.86. The highest BCUT2D eigenvalue weighted by atomic mass is 79.9. The number of benzene rings is 2. The summed E-state index contributed by atoms with van der Waals surface area (Å²) in [5.74, 6) is -0.396. The van der Waals surface area contributed by atoms with E-state index in [1.165, 1.54) is 5.56 Å². The number of hydrogen-bond donors (Lipinski definition) is 1. The maximum absolute atomic E-state index is 12.2. The molecule has 0 aliphatic carbocycles. The Morgan fingerprint density at radius 3 is 2.17 bits per heavy atom. The molecule has 0 bridgehead atoms. The van der Waals surface area contributed by atoms with Crippen LogP contribution in [0.25, 0.3) is 0 Å². The number of halogens is 1. The molecule has 2 rings (SSSR count). The molecule has 0 atom stereocenters. The number of nitrogens with zero attached hydrogens (tertiary/aromatic N) is 1. The first kappa shape index (κ1) is 18.5. The van der Waals surface area contributed by atoms with E-state index in [9.17, 15) is 13.2 Å². The molecule has 128 valence electrons. The third kappa shape index (κ3) is 5.07. The summed E-state index contributed by atoms with van der Waals surface area (Å²) in [4.78, 5) is 12.2. The topological polar surface area (TPSA) is 66.5 Å². The SMILES string of the molecule is CCc1ccc(NC(=O)CN(c2ccc(Br)cc2)S(C)(=O)=O)cc1. The Labute approximate surface area is 150 Å². The van der Waals surface area contributed by atoms with E-state index in [0.717, 1.165) is 21.5 Å². The monoisotopic (exact) mass is 410 g/mol. The fourth-order valence-electron chi connectivity index (χ4n) is 2.16. The lowest BCUT2D eigenvalue weighted by Gasteiger charge is -2.22. The van der Waals surface area contributed by atoms with Crippen LogP contribution < -0.4 is 9.62 Å². The minimum Gasteiger partial charge on any atom is -0.325 e. The van der Waals surface area contributed by atoms with Crippen LogP contribution in [-0.2, 0) is 21.2 Å². The van der Waals surface area contributed by atoms with Crippen molar-refractivity contribution >= 4 is 43.2 Å².